The summed E-state index contributed by atoms with van der Waals surface area (Å²) >= 11 is 3.51. The lowest BCUT2D eigenvalue weighted by molar-refractivity contribution is 0.737. The highest BCUT2D eigenvalue weighted by molar-refractivity contribution is 9.10. The van der Waals surface area contributed by atoms with Crippen LogP contribution in [-0.2, 0) is 0 Å². The molecule has 0 spiro atoms. The summed E-state index contributed by atoms with van der Waals surface area (Å²) in [5.41, 5.74) is 8.71. The summed E-state index contributed by atoms with van der Waals surface area (Å²) in [4.78, 5) is 4.36. The van der Waals surface area contributed by atoms with Gasteiger partial charge < -0.3 is 5.73 Å². The van der Waals surface area contributed by atoms with Crippen LogP contribution in [0.15, 0.2) is 16.7 Å². The van der Waals surface area contributed by atoms with Gasteiger partial charge >= 0.3 is 0 Å². The van der Waals surface area contributed by atoms with E-state index in [1.807, 2.05) is 23.6 Å². The largest absolute Gasteiger partial charge is 0.381 e. The van der Waals surface area contributed by atoms with Gasteiger partial charge in [-0.15, -0.1) is 0 Å². The molecule has 0 unspecified atom stereocenters. The Balaban J connectivity index is 2.35. The highest BCUT2D eigenvalue weighted by atomic mass is 79.9. The molecule has 2 heterocycles. The molecule has 2 rings (SSSR count). The van der Waals surface area contributed by atoms with Crippen molar-refractivity contribution in [2.24, 2.45) is 0 Å². The summed E-state index contributed by atoms with van der Waals surface area (Å²) in [6.07, 6.45) is 6.50. The van der Waals surface area contributed by atoms with E-state index in [-0.39, 0.29) is 0 Å². The quantitative estimate of drug-likeness (QED) is 0.688. The van der Waals surface area contributed by atoms with E-state index in [9.17, 15) is 0 Å². The maximum Gasteiger partial charge on any atom is 0.159 e. The molecule has 4 heteroatoms. The fourth-order valence-electron chi connectivity index (χ4n) is 1.98. The third-order valence-corrected chi connectivity index (χ3v) is 3.53. The van der Waals surface area contributed by atoms with Crippen molar-refractivity contribution >= 4 is 27.4 Å². The molecule has 0 aliphatic carbocycles. The lowest BCUT2D eigenvalue weighted by atomic mass is 10.2. The molecule has 2 N–H and O–H groups in total. The first-order valence-corrected chi connectivity index (χ1v) is 7.35. The second-order valence-electron chi connectivity index (χ2n) is 4.66. The molecule has 0 radical (unpaired) electrons. The Morgan fingerprint density at radius 3 is 2.95 bits per heavy atom. The minimum atomic E-state index is 0.495. The summed E-state index contributed by atoms with van der Waals surface area (Å²) < 4.78 is 2.90. The van der Waals surface area contributed by atoms with Gasteiger partial charge in [-0.2, -0.15) is 0 Å². The van der Waals surface area contributed by atoms with Gasteiger partial charge in [-0.25, -0.2) is 4.98 Å². The van der Waals surface area contributed by atoms with Crippen molar-refractivity contribution in [2.75, 3.05) is 5.73 Å². The molecule has 3 nitrogen and oxygen atoms in total. The van der Waals surface area contributed by atoms with Gasteiger partial charge in [0, 0.05) is 12.6 Å². The van der Waals surface area contributed by atoms with Gasteiger partial charge in [0.1, 0.15) is 5.69 Å². The Labute approximate surface area is 122 Å². The Bertz CT molecular complexity index is 647. The Morgan fingerprint density at radius 2 is 2.21 bits per heavy atom. The Kier molecular flexibility index (Phi) is 4.49. The molecule has 19 heavy (non-hydrogen) atoms. The molecule has 2 aromatic rings. The van der Waals surface area contributed by atoms with Crippen molar-refractivity contribution in [2.45, 2.75) is 39.5 Å². The molecular weight excluding hydrogens is 302 g/mol. The number of rotatable bonds is 3. The summed E-state index contributed by atoms with van der Waals surface area (Å²) in [6, 6.07) is 2.03. The van der Waals surface area contributed by atoms with Gasteiger partial charge in [-0.1, -0.05) is 25.7 Å². The second kappa shape index (κ2) is 6.12. The predicted molar refractivity (Wildman–Crippen MR) is 83.1 cm³/mol. The van der Waals surface area contributed by atoms with Crippen LogP contribution in [0, 0.1) is 18.8 Å². The number of nitrogens with two attached hydrogens (primary N) is 1. The van der Waals surface area contributed by atoms with E-state index >= 15 is 0 Å². The number of imidazole rings is 1. The zero-order chi connectivity index (χ0) is 13.8. The molecule has 0 saturated heterocycles. The van der Waals surface area contributed by atoms with Gasteiger partial charge in [0.25, 0.3) is 0 Å². The average Bonchev–Trinajstić information content (AvgIpc) is 2.67. The van der Waals surface area contributed by atoms with Crippen LogP contribution >= 0.6 is 15.9 Å². The number of aryl methyl sites for hydroxylation is 1. The molecule has 0 aliphatic rings. The first kappa shape index (κ1) is 14.0. The molecule has 0 bridgehead atoms. The van der Waals surface area contributed by atoms with Crippen molar-refractivity contribution in [3.63, 3.8) is 0 Å². The van der Waals surface area contributed by atoms with Crippen molar-refractivity contribution in [1.29, 1.82) is 0 Å². The topological polar surface area (TPSA) is 43.3 Å². The van der Waals surface area contributed by atoms with Crippen LogP contribution in [0.5, 0.6) is 0 Å². The number of hydrogen-bond acceptors (Lipinski definition) is 2. The molecule has 0 fully saturated rings. The Hall–Kier alpha value is -1.47. The molecule has 2 aromatic heterocycles. The van der Waals surface area contributed by atoms with E-state index in [0.717, 1.165) is 34.2 Å². The zero-order valence-electron chi connectivity index (χ0n) is 11.3. The van der Waals surface area contributed by atoms with Crippen LogP contribution in [0.4, 0.5) is 5.82 Å². The zero-order valence-corrected chi connectivity index (χ0v) is 12.9. The molecule has 100 valence electrons. The number of nitrogen functional groups attached to an aromatic ring is 1. The highest BCUT2D eigenvalue weighted by Gasteiger charge is 2.10. The number of nitrogens with zero attached hydrogens (tertiary/aromatic N) is 2. The normalized spacial score (nSPS) is 10.5. The molecule has 0 amide bonds. The number of unbranched alkanes of at least 4 members (excludes halogenated alkanes) is 3. The average molecular weight is 320 g/mol. The smallest absolute Gasteiger partial charge is 0.159 e. The van der Waals surface area contributed by atoms with E-state index in [4.69, 9.17) is 5.73 Å². The van der Waals surface area contributed by atoms with E-state index in [1.165, 1.54) is 12.8 Å². The Morgan fingerprint density at radius 1 is 1.42 bits per heavy atom. The van der Waals surface area contributed by atoms with Gasteiger partial charge in [-0.3, -0.25) is 4.40 Å². The minimum Gasteiger partial charge on any atom is -0.381 e. The summed E-state index contributed by atoms with van der Waals surface area (Å²) in [7, 11) is 0. The number of hydrogen-bond donors (Lipinski definition) is 1. The summed E-state index contributed by atoms with van der Waals surface area (Å²) in [6.45, 7) is 4.23. The molecule has 0 aromatic carbocycles. The van der Waals surface area contributed by atoms with Crippen LogP contribution in [0.1, 0.15) is 43.9 Å². The van der Waals surface area contributed by atoms with Gasteiger partial charge in [0.05, 0.1) is 4.47 Å². The van der Waals surface area contributed by atoms with E-state index in [2.05, 4.69) is 39.7 Å². The van der Waals surface area contributed by atoms with Crippen LogP contribution in [0.2, 0.25) is 0 Å². The van der Waals surface area contributed by atoms with Crippen molar-refractivity contribution < 1.29 is 0 Å². The van der Waals surface area contributed by atoms with Crippen molar-refractivity contribution in [1.82, 2.24) is 9.38 Å². The monoisotopic (exact) mass is 319 g/mol. The number of pyridine rings is 1. The highest BCUT2D eigenvalue weighted by Crippen LogP contribution is 2.23. The van der Waals surface area contributed by atoms with Crippen molar-refractivity contribution in [3.05, 3.63) is 28.0 Å². The predicted octanol–water partition coefficient (Wildman–Crippen LogP) is 3.92. The number of fused-ring (bicyclic) bond motifs is 1. The van der Waals surface area contributed by atoms with E-state index in [1.54, 1.807) is 0 Å². The van der Waals surface area contributed by atoms with Crippen LogP contribution in [0.25, 0.3) is 5.65 Å². The third-order valence-electron chi connectivity index (χ3n) is 2.95. The van der Waals surface area contributed by atoms with E-state index in [0.29, 0.717) is 5.82 Å². The summed E-state index contributed by atoms with van der Waals surface area (Å²) in [5, 5.41) is 0. The first-order valence-electron chi connectivity index (χ1n) is 6.56. The maximum absolute atomic E-state index is 5.96. The van der Waals surface area contributed by atoms with Crippen molar-refractivity contribution in [3.8, 4) is 11.8 Å². The molecule has 0 atom stereocenters. The standard InChI is InChI=1S/C15H18BrN3/c1-3-4-5-6-7-8-13-14(17)18-15-12(16)9-11(2)10-19(13)15/h9-10H,3-6,17H2,1-2H3. The van der Waals surface area contributed by atoms with Gasteiger partial charge in [-0.05, 0) is 46.8 Å². The fraction of sp³-hybridized carbons (Fsp3) is 0.400. The minimum absolute atomic E-state index is 0.495. The number of halogens is 1. The molecule has 0 aliphatic heterocycles. The summed E-state index contributed by atoms with van der Waals surface area (Å²) in [5.74, 6) is 6.84. The number of anilines is 1. The lowest BCUT2D eigenvalue weighted by Gasteiger charge is -2.00. The molecule has 0 saturated carbocycles. The first-order chi connectivity index (χ1) is 9.13. The molecular formula is C15H18BrN3. The van der Waals surface area contributed by atoms with Crippen LogP contribution in [0.3, 0.4) is 0 Å². The van der Waals surface area contributed by atoms with Crippen LogP contribution < -0.4 is 5.73 Å². The van der Waals surface area contributed by atoms with Gasteiger partial charge in [0.2, 0.25) is 0 Å². The SMILES string of the molecule is CCCCCC#Cc1c(N)nc2c(Br)cc(C)cn12. The number of aromatic nitrogens is 2. The lowest BCUT2D eigenvalue weighted by Crippen LogP contribution is -1.93. The maximum atomic E-state index is 5.96. The van der Waals surface area contributed by atoms with Crippen LogP contribution in [-0.4, -0.2) is 9.38 Å². The van der Waals surface area contributed by atoms with Gasteiger partial charge in [0.15, 0.2) is 11.5 Å². The second-order valence-corrected chi connectivity index (χ2v) is 5.52. The fourth-order valence-corrected chi connectivity index (χ4v) is 2.62. The third kappa shape index (κ3) is 3.10. The van der Waals surface area contributed by atoms with E-state index < -0.39 is 0 Å².